The molecule has 0 bridgehead atoms. The molecular formula is C22H21NO8. The van der Waals surface area contributed by atoms with E-state index in [-0.39, 0.29) is 24.7 Å². The van der Waals surface area contributed by atoms with E-state index in [0.29, 0.717) is 50.9 Å². The van der Waals surface area contributed by atoms with Crippen LogP contribution in [-0.4, -0.2) is 49.7 Å². The standard InChI is InChI=1S/C22H21NO8/c1-11-13(8-20(24)25)14-7-16-17(31-10-30-16)9-15(14)23(11)22(26)12-5-18(27-2)21(29-4)19(6-12)28-3/h5-7,9H,8,10H2,1-4H3,(H,24,25). The Hall–Kier alpha value is -3.88. The first-order valence-corrected chi connectivity index (χ1v) is 9.39. The molecule has 0 spiro atoms. The Morgan fingerprint density at radius 3 is 2.16 bits per heavy atom. The van der Waals surface area contributed by atoms with Gasteiger partial charge in [-0.1, -0.05) is 0 Å². The molecule has 1 aromatic heterocycles. The third kappa shape index (κ3) is 3.27. The van der Waals surface area contributed by atoms with Crippen molar-refractivity contribution in [2.24, 2.45) is 0 Å². The van der Waals surface area contributed by atoms with E-state index < -0.39 is 5.97 Å². The molecule has 0 saturated heterocycles. The molecule has 3 aromatic rings. The molecule has 31 heavy (non-hydrogen) atoms. The Morgan fingerprint density at radius 2 is 1.61 bits per heavy atom. The maximum absolute atomic E-state index is 13.6. The van der Waals surface area contributed by atoms with Crippen LogP contribution in [0.4, 0.5) is 0 Å². The highest BCUT2D eigenvalue weighted by Gasteiger charge is 2.26. The normalized spacial score (nSPS) is 12.1. The lowest BCUT2D eigenvalue weighted by Crippen LogP contribution is -2.15. The lowest BCUT2D eigenvalue weighted by Gasteiger charge is -2.15. The summed E-state index contributed by atoms with van der Waals surface area (Å²) in [6.45, 7) is 1.77. The lowest BCUT2D eigenvalue weighted by molar-refractivity contribution is -0.136. The highest BCUT2D eigenvalue weighted by Crippen LogP contribution is 2.41. The Bertz CT molecular complexity index is 1190. The van der Waals surface area contributed by atoms with Crippen LogP contribution in [0.2, 0.25) is 0 Å². The van der Waals surface area contributed by atoms with Crippen molar-refractivity contribution < 1.29 is 38.4 Å². The van der Waals surface area contributed by atoms with Crippen LogP contribution in [0.5, 0.6) is 28.7 Å². The first-order chi connectivity index (χ1) is 14.9. The van der Waals surface area contributed by atoms with Gasteiger partial charge in [0.25, 0.3) is 5.91 Å². The van der Waals surface area contributed by atoms with Gasteiger partial charge < -0.3 is 28.8 Å². The van der Waals surface area contributed by atoms with Crippen molar-refractivity contribution in [3.05, 3.63) is 41.1 Å². The van der Waals surface area contributed by atoms with Crippen LogP contribution in [0.25, 0.3) is 10.9 Å². The Morgan fingerprint density at radius 1 is 1.00 bits per heavy atom. The maximum atomic E-state index is 13.6. The first-order valence-electron chi connectivity index (χ1n) is 9.39. The molecule has 0 aliphatic carbocycles. The van der Waals surface area contributed by atoms with Gasteiger partial charge in [-0.05, 0) is 30.7 Å². The molecule has 1 aliphatic heterocycles. The van der Waals surface area contributed by atoms with Crippen molar-refractivity contribution in [3.63, 3.8) is 0 Å². The van der Waals surface area contributed by atoms with Crippen molar-refractivity contribution in [1.82, 2.24) is 4.57 Å². The van der Waals surface area contributed by atoms with Crippen molar-refractivity contribution in [2.45, 2.75) is 13.3 Å². The number of carboxylic acids is 1. The zero-order valence-electron chi connectivity index (χ0n) is 17.5. The average molecular weight is 427 g/mol. The topological polar surface area (TPSA) is 105 Å². The zero-order valence-corrected chi connectivity index (χ0v) is 17.5. The molecule has 0 unspecified atom stereocenters. The number of aromatic nitrogens is 1. The van der Waals surface area contributed by atoms with Gasteiger partial charge in [-0.3, -0.25) is 14.2 Å². The average Bonchev–Trinajstić information content (AvgIpc) is 3.32. The van der Waals surface area contributed by atoms with E-state index in [0.717, 1.165) is 0 Å². The quantitative estimate of drug-likeness (QED) is 0.640. The third-order valence-corrected chi connectivity index (χ3v) is 5.27. The minimum Gasteiger partial charge on any atom is -0.493 e. The molecule has 4 rings (SSSR count). The summed E-state index contributed by atoms with van der Waals surface area (Å²) in [6.07, 6.45) is -0.239. The lowest BCUT2D eigenvalue weighted by atomic mass is 10.1. The largest absolute Gasteiger partial charge is 0.493 e. The zero-order chi connectivity index (χ0) is 22.3. The van der Waals surface area contributed by atoms with Crippen molar-refractivity contribution in [1.29, 1.82) is 0 Å². The van der Waals surface area contributed by atoms with Gasteiger partial charge in [0.05, 0.1) is 33.3 Å². The molecule has 9 heteroatoms. The van der Waals surface area contributed by atoms with E-state index in [1.54, 1.807) is 31.2 Å². The van der Waals surface area contributed by atoms with E-state index in [1.165, 1.54) is 25.9 Å². The Balaban J connectivity index is 1.95. The highest BCUT2D eigenvalue weighted by atomic mass is 16.7. The Kier molecular flexibility index (Phi) is 5.10. The van der Waals surface area contributed by atoms with Gasteiger partial charge in [-0.15, -0.1) is 0 Å². The number of nitrogens with zero attached hydrogens (tertiary/aromatic N) is 1. The molecule has 0 atom stereocenters. The first kappa shape index (κ1) is 20.4. The number of ether oxygens (including phenoxy) is 5. The SMILES string of the molecule is COc1cc(C(=O)n2c(C)c(CC(=O)O)c3cc4c(cc32)OCO4)cc(OC)c1OC. The summed E-state index contributed by atoms with van der Waals surface area (Å²) in [5.74, 6) is 0.663. The number of methoxy groups -OCH3 is 3. The number of rotatable bonds is 6. The molecule has 9 nitrogen and oxygen atoms in total. The summed E-state index contributed by atoms with van der Waals surface area (Å²) in [5.41, 5.74) is 1.85. The molecule has 2 heterocycles. The molecule has 2 aromatic carbocycles. The van der Waals surface area contributed by atoms with E-state index in [9.17, 15) is 14.7 Å². The summed E-state index contributed by atoms with van der Waals surface area (Å²) < 4.78 is 28.4. The summed E-state index contributed by atoms with van der Waals surface area (Å²) in [4.78, 5) is 25.1. The van der Waals surface area contributed by atoms with Gasteiger partial charge >= 0.3 is 5.97 Å². The van der Waals surface area contributed by atoms with Crippen LogP contribution >= 0.6 is 0 Å². The second-order valence-corrected chi connectivity index (χ2v) is 6.91. The number of carboxylic acid groups (broad SMARTS) is 1. The van der Waals surface area contributed by atoms with Crippen LogP contribution in [0.3, 0.4) is 0 Å². The summed E-state index contributed by atoms with van der Waals surface area (Å²) in [6, 6.07) is 6.51. The number of carbonyl (C=O) groups is 2. The predicted octanol–water partition coefficient (Wildman–Crippen LogP) is 3.02. The second kappa shape index (κ2) is 7.75. The van der Waals surface area contributed by atoms with Gasteiger partial charge in [-0.25, -0.2) is 0 Å². The number of hydrogen-bond acceptors (Lipinski definition) is 7. The molecule has 0 saturated carbocycles. The molecule has 0 radical (unpaired) electrons. The van der Waals surface area contributed by atoms with Crippen molar-refractivity contribution in [2.75, 3.05) is 28.1 Å². The fourth-order valence-electron chi connectivity index (χ4n) is 3.84. The number of benzene rings is 2. The summed E-state index contributed by atoms with van der Waals surface area (Å²) in [5, 5.41) is 10.0. The van der Waals surface area contributed by atoms with Gasteiger partial charge in [0.15, 0.2) is 23.0 Å². The molecular weight excluding hydrogens is 406 g/mol. The fourth-order valence-corrected chi connectivity index (χ4v) is 3.84. The van der Waals surface area contributed by atoms with Gasteiger partial charge in [0.2, 0.25) is 12.5 Å². The minimum atomic E-state index is -1.000. The third-order valence-electron chi connectivity index (χ3n) is 5.27. The van der Waals surface area contributed by atoms with E-state index in [2.05, 4.69) is 0 Å². The number of fused-ring (bicyclic) bond motifs is 2. The van der Waals surface area contributed by atoms with Crippen molar-refractivity contribution in [3.8, 4) is 28.7 Å². The summed E-state index contributed by atoms with van der Waals surface area (Å²) in [7, 11) is 4.41. The smallest absolute Gasteiger partial charge is 0.307 e. The van der Waals surface area contributed by atoms with Crippen LogP contribution in [0.1, 0.15) is 21.6 Å². The molecule has 1 aliphatic rings. The van der Waals surface area contributed by atoms with Crippen LogP contribution < -0.4 is 23.7 Å². The number of aliphatic carboxylic acids is 1. The van der Waals surface area contributed by atoms with Crippen LogP contribution in [0.15, 0.2) is 24.3 Å². The van der Waals surface area contributed by atoms with E-state index >= 15 is 0 Å². The van der Waals surface area contributed by atoms with Crippen LogP contribution in [-0.2, 0) is 11.2 Å². The minimum absolute atomic E-state index is 0.0655. The van der Waals surface area contributed by atoms with Crippen LogP contribution in [0, 0.1) is 6.92 Å². The van der Waals surface area contributed by atoms with E-state index in [4.69, 9.17) is 23.7 Å². The molecule has 162 valence electrons. The summed E-state index contributed by atoms with van der Waals surface area (Å²) >= 11 is 0. The number of hydrogen-bond donors (Lipinski definition) is 1. The molecule has 1 N–H and O–H groups in total. The highest BCUT2D eigenvalue weighted by molar-refractivity contribution is 6.06. The monoisotopic (exact) mass is 427 g/mol. The number of carbonyl (C=O) groups excluding carboxylic acids is 1. The molecule has 0 fully saturated rings. The fraction of sp³-hybridized carbons (Fsp3) is 0.273. The van der Waals surface area contributed by atoms with Gasteiger partial charge in [-0.2, -0.15) is 0 Å². The van der Waals surface area contributed by atoms with Gasteiger partial charge in [0.1, 0.15) is 0 Å². The maximum Gasteiger partial charge on any atom is 0.307 e. The predicted molar refractivity (Wildman–Crippen MR) is 110 cm³/mol. The molecule has 0 amide bonds. The van der Waals surface area contributed by atoms with E-state index in [1.807, 2.05) is 0 Å². The second-order valence-electron chi connectivity index (χ2n) is 6.91. The van der Waals surface area contributed by atoms with Gasteiger partial charge in [0, 0.05) is 22.7 Å². The van der Waals surface area contributed by atoms with Crippen molar-refractivity contribution >= 4 is 22.8 Å². The Labute approximate surface area is 177 Å².